The molecular weight excluding hydrogens is 523 g/mol. The van der Waals surface area contributed by atoms with Crippen molar-refractivity contribution in [2.75, 3.05) is 28.3 Å². The number of fused-ring (bicyclic) bond motifs is 1. The fourth-order valence-corrected chi connectivity index (χ4v) is 6.50. The first-order valence-electron chi connectivity index (χ1n) is 12.5. The summed E-state index contributed by atoms with van der Waals surface area (Å²) in [6.07, 6.45) is 6.31. The molecule has 0 radical (unpaired) electrons. The molecule has 1 heterocycles. The molecule has 0 unspecified atom stereocenters. The van der Waals surface area contributed by atoms with E-state index in [0.29, 0.717) is 22.3 Å². The lowest BCUT2D eigenvalue weighted by Gasteiger charge is -2.12. The number of thiocarbonyl (C=S) groups is 1. The number of rotatable bonds is 8. The molecule has 1 aliphatic carbocycles. The largest absolute Gasteiger partial charge is 0.462 e. The molecule has 6 nitrogen and oxygen atoms in total. The minimum absolute atomic E-state index is 0.149. The number of hydrogen-bond donors (Lipinski definition) is 3. The Morgan fingerprint density at radius 3 is 2.46 bits per heavy atom. The Kier molecular flexibility index (Phi) is 9.99. The maximum Gasteiger partial charge on any atom is 0.341 e. The first-order valence-corrected chi connectivity index (χ1v) is 14.7. The SMILES string of the molecule is CCOC(=O)c1c(NC(=O)CSc2cccc(NC(=S)Nc3ccccc3)c2)sc2c1CCCCCC2. The second kappa shape index (κ2) is 13.6. The number of esters is 1. The van der Waals surface area contributed by atoms with Crippen LogP contribution in [-0.4, -0.2) is 29.3 Å². The summed E-state index contributed by atoms with van der Waals surface area (Å²) in [7, 11) is 0. The molecule has 4 rings (SSSR count). The van der Waals surface area contributed by atoms with E-state index in [1.54, 1.807) is 6.92 Å². The number of ether oxygens (including phenoxy) is 1. The number of aryl methyl sites for hydroxylation is 1. The molecule has 37 heavy (non-hydrogen) atoms. The maximum absolute atomic E-state index is 12.9. The molecular formula is C28H31N3O3S3. The number of carbonyl (C=O) groups excluding carboxylic acids is 2. The van der Waals surface area contributed by atoms with Crippen LogP contribution in [-0.2, 0) is 22.4 Å². The Morgan fingerprint density at radius 2 is 1.68 bits per heavy atom. The van der Waals surface area contributed by atoms with Gasteiger partial charge in [0.2, 0.25) is 5.91 Å². The van der Waals surface area contributed by atoms with Gasteiger partial charge in [-0.3, -0.25) is 4.79 Å². The van der Waals surface area contributed by atoms with E-state index in [4.69, 9.17) is 17.0 Å². The van der Waals surface area contributed by atoms with E-state index in [1.807, 2.05) is 54.6 Å². The van der Waals surface area contributed by atoms with Crippen LogP contribution in [0, 0.1) is 0 Å². The molecule has 0 aliphatic heterocycles. The van der Waals surface area contributed by atoms with Crippen molar-refractivity contribution in [2.45, 2.75) is 50.3 Å². The zero-order valence-electron chi connectivity index (χ0n) is 20.8. The highest BCUT2D eigenvalue weighted by Gasteiger charge is 2.26. The van der Waals surface area contributed by atoms with Gasteiger partial charge in [0.15, 0.2) is 5.11 Å². The van der Waals surface area contributed by atoms with E-state index in [9.17, 15) is 9.59 Å². The van der Waals surface area contributed by atoms with E-state index >= 15 is 0 Å². The molecule has 2 aromatic carbocycles. The molecule has 3 N–H and O–H groups in total. The highest BCUT2D eigenvalue weighted by molar-refractivity contribution is 8.00. The number of nitrogens with one attached hydrogen (secondary N) is 3. The van der Waals surface area contributed by atoms with E-state index in [0.717, 1.165) is 53.9 Å². The smallest absolute Gasteiger partial charge is 0.341 e. The van der Waals surface area contributed by atoms with E-state index in [1.165, 1.54) is 34.4 Å². The van der Waals surface area contributed by atoms with Crippen molar-refractivity contribution in [1.82, 2.24) is 0 Å². The summed E-state index contributed by atoms with van der Waals surface area (Å²) in [6.45, 7) is 2.11. The lowest BCUT2D eigenvalue weighted by molar-refractivity contribution is -0.113. The Labute approximate surface area is 231 Å². The molecule has 0 spiro atoms. The van der Waals surface area contributed by atoms with Crippen molar-refractivity contribution < 1.29 is 14.3 Å². The van der Waals surface area contributed by atoms with E-state index in [-0.39, 0.29) is 17.6 Å². The Hall–Kier alpha value is -2.88. The van der Waals surface area contributed by atoms with Gasteiger partial charge in [-0.15, -0.1) is 23.1 Å². The van der Waals surface area contributed by atoms with Crippen LogP contribution in [0.25, 0.3) is 0 Å². The summed E-state index contributed by atoms with van der Waals surface area (Å²) in [6, 6.07) is 17.5. The molecule has 3 aromatic rings. The summed E-state index contributed by atoms with van der Waals surface area (Å²) in [5, 5.41) is 10.4. The molecule has 1 aromatic heterocycles. The third-order valence-electron chi connectivity index (χ3n) is 5.90. The van der Waals surface area contributed by atoms with Crippen molar-refractivity contribution in [1.29, 1.82) is 0 Å². The van der Waals surface area contributed by atoms with Gasteiger partial charge < -0.3 is 20.7 Å². The van der Waals surface area contributed by atoms with Crippen LogP contribution in [0.2, 0.25) is 0 Å². The number of thioether (sulfide) groups is 1. The summed E-state index contributed by atoms with van der Waals surface area (Å²) >= 11 is 8.37. The van der Waals surface area contributed by atoms with E-state index < -0.39 is 0 Å². The van der Waals surface area contributed by atoms with Crippen LogP contribution >= 0.6 is 35.3 Å². The van der Waals surface area contributed by atoms with Crippen molar-refractivity contribution in [2.24, 2.45) is 0 Å². The molecule has 1 amide bonds. The van der Waals surface area contributed by atoms with Gasteiger partial charge in [-0.1, -0.05) is 37.1 Å². The maximum atomic E-state index is 12.9. The van der Waals surface area contributed by atoms with Crippen LogP contribution in [0.1, 0.15) is 53.4 Å². The first-order chi connectivity index (χ1) is 18.0. The second-order valence-electron chi connectivity index (χ2n) is 8.65. The summed E-state index contributed by atoms with van der Waals surface area (Å²) in [4.78, 5) is 27.8. The molecule has 194 valence electrons. The second-order valence-corrected chi connectivity index (χ2v) is 11.2. The molecule has 0 atom stereocenters. The average Bonchev–Trinajstić information content (AvgIpc) is 3.19. The van der Waals surface area contributed by atoms with Gasteiger partial charge in [0, 0.05) is 21.1 Å². The molecule has 9 heteroatoms. The van der Waals surface area contributed by atoms with Gasteiger partial charge in [0.1, 0.15) is 5.00 Å². The molecule has 1 aliphatic rings. The number of para-hydroxylation sites is 1. The zero-order chi connectivity index (χ0) is 26.0. The van der Waals surface area contributed by atoms with Crippen LogP contribution < -0.4 is 16.0 Å². The minimum Gasteiger partial charge on any atom is -0.462 e. The van der Waals surface area contributed by atoms with Gasteiger partial charge in [-0.25, -0.2) is 4.79 Å². The van der Waals surface area contributed by atoms with Crippen LogP contribution in [0.5, 0.6) is 0 Å². The van der Waals surface area contributed by atoms with Crippen LogP contribution in [0.3, 0.4) is 0 Å². The highest BCUT2D eigenvalue weighted by Crippen LogP contribution is 2.38. The summed E-state index contributed by atoms with van der Waals surface area (Å²) in [5.41, 5.74) is 3.35. The number of benzene rings is 2. The zero-order valence-corrected chi connectivity index (χ0v) is 23.3. The van der Waals surface area contributed by atoms with Gasteiger partial charge in [-0.2, -0.15) is 0 Å². The van der Waals surface area contributed by atoms with Gasteiger partial charge in [0.25, 0.3) is 0 Å². The van der Waals surface area contributed by atoms with Crippen LogP contribution in [0.15, 0.2) is 59.5 Å². The minimum atomic E-state index is -0.345. The number of thiophene rings is 1. The van der Waals surface area contributed by atoms with Gasteiger partial charge in [0.05, 0.1) is 17.9 Å². The molecule has 0 saturated carbocycles. The lowest BCUT2D eigenvalue weighted by atomic mass is 9.96. The molecule has 0 saturated heterocycles. The van der Waals surface area contributed by atoms with Crippen molar-refractivity contribution in [3.8, 4) is 0 Å². The molecule has 0 bridgehead atoms. The molecule has 0 fully saturated rings. The number of carbonyl (C=O) groups is 2. The number of anilines is 3. The number of hydrogen-bond acceptors (Lipinski definition) is 6. The Balaban J connectivity index is 1.38. The standard InChI is InChI=1S/C28H31N3O3S3/c1-2-34-27(33)25-22-15-8-3-4-9-16-23(22)37-26(25)31-24(32)18-36-21-14-10-13-20(17-21)30-28(35)29-19-11-6-5-7-12-19/h5-7,10-14,17H,2-4,8-9,15-16,18H2,1H3,(H,31,32)(H2,29,30,35). The first kappa shape index (κ1) is 27.2. The quantitative estimate of drug-likeness (QED) is 0.156. The monoisotopic (exact) mass is 553 g/mol. The fraction of sp³-hybridized carbons (Fsp3) is 0.321. The van der Waals surface area contributed by atoms with Gasteiger partial charge in [-0.05, 0) is 80.7 Å². The number of amides is 1. The summed E-state index contributed by atoms with van der Waals surface area (Å²) < 4.78 is 5.35. The Morgan fingerprint density at radius 1 is 0.946 bits per heavy atom. The highest BCUT2D eigenvalue weighted by atomic mass is 32.2. The van der Waals surface area contributed by atoms with Crippen molar-refractivity contribution in [3.63, 3.8) is 0 Å². The topological polar surface area (TPSA) is 79.5 Å². The average molecular weight is 554 g/mol. The fourth-order valence-electron chi connectivity index (χ4n) is 4.22. The van der Waals surface area contributed by atoms with Crippen LogP contribution in [0.4, 0.5) is 16.4 Å². The Bertz CT molecular complexity index is 1240. The third kappa shape index (κ3) is 7.80. The van der Waals surface area contributed by atoms with Gasteiger partial charge >= 0.3 is 5.97 Å². The van der Waals surface area contributed by atoms with Crippen molar-refractivity contribution >= 4 is 68.7 Å². The van der Waals surface area contributed by atoms with Crippen molar-refractivity contribution in [3.05, 3.63) is 70.6 Å². The van der Waals surface area contributed by atoms with E-state index in [2.05, 4.69) is 16.0 Å². The predicted molar refractivity (Wildman–Crippen MR) is 158 cm³/mol. The summed E-state index contributed by atoms with van der Waals surface area (Å²) in [5.74, 6) is -0.271. The normalized spacial score (nSPS) is 13.0. The third-order valence-corrected chi connectivity index (χ3v) is 8.30. The lowest BCUT2D eigenvalue weighted by Crippen LogP contribution is -2.19. The predicted octanol–water partition coefficient (Wildman–Crippen LogP) is 7.12.